The summed E-state index contributed by atoms with van der Waals surface area (Å²) in [6, 6.07) is 5.41. The van der Waals surface area contributed by atoms with Crippen LogP contribution in [0, 0.1) is 6.92 Å². The maximum atomic E-state index is 12.9. The summed E-state index contributed by atoms with van der Waals surface area (Å²) < 4.78 is 10.7. The molecule has 0 radical (unpaired) electrons. The molecule has 1 aromatic carbocycles. The zero-order valence-corrected chi connectivity index (χ0v) is 14.1. The molecular formula is C17H18ClN3O3. The van der Waals surface area contributed by atoms with E-state index in [1.165, 1.54) is 0 Å². The van der Waals surface area contributed by atoms with Crippen molar-refractivity contribution in [2.45, 2.75) is 25.7 Å². The molecule has 1 aromatic heterocycles. The van der Waals surface area contributed by atoms with Gasteiger partial charge in [0.25, 0.3) is 5.91 Å². The van der Waals surface area contributed by atoms with E-state index in [4.69, 9.17) is 21.1 Å². The Bertz CT molecular complexity index is 789. The maximum absolute atomic E-state index is 12.9. The molecular weight excluding hydrogens is 330 g/mol. The van der Waals surface area contributed by atoms with E-state index in [2.05, 4.69) is 16.3 Å². The summed E-state index contributed by atoms with van der Waals surface area (Å²) in [5, 5.41) is 7.73. The fraction of sp³-hybridized carbons (Fsp3) is 0.412. The fourth-order valence-corrected chi connectivity index (χ4v) is 3.59. The minimum atomic E-state index is -0.0350. The second-order valence-electron chi connectivity index (χ2n) is 6.26. The summed E-state index contributed by atoms with van der Waals surface area (Å²) in [4.78, 5) is 14.7. The first-order valence-corrected chi connectivity index (χ1v) is 8.40. The van der Waals surface area contributed by atoms with Crippen LogP contribution >= 0.6 is 11.6 Å². The summed E-state index contributed by atoms with van der Waals surface area (Å²) in [6.07, 6.45) is 2.00. The Kier molecular flexibility index (Phi) is 3.84. The standard InChI is InChI=1S/C17H18ClN3O3/c1-10-5-14(20-19-10)11-3-2-4-21(8-11)17(22)12-6-13(18)16-15(7-12)23-9-24-16/h5-7,11H,2-4,8-9H2,1H3,(H,19,20). The number of ether oxygens (including phenoxy) is 2. The minimum absolute atomic E-state index is 0.0350. The van der Waals surface area contributed by atoms with Gasteiger partial charge in [0, 0.05) is 30.3 Å². The van der Waals surface area contributed by atoms with Gasteiger partial charge in [0.2, 0.25) is 6.79 Å². The van der Waals surface area contributed by atoms with Crippen molar-refractivity contribution in [1.82, 2.24) is 15.1 Å². The Morgan fingerprint density at radius 3 is 3.04 bits per heavy atom. The summed E-state index contributed by atoms with van der Waals surface area (Å²) in [5.41, 5.74) is 2.59. The number of hydrogen-bond donors (Lipinski definition) is 1. The van der Waals surface area contributed by atoms with E-state index in [0.29, 0.717) is 28.6 Å². The van der Waals surface area contributed by atoms with E-state index in [0.717, 1.165) is 30.8 Å². The van der Waals surface area contributed by atoms with Crippen molar-refractivity contribution in [2.75, 3.05) is 19.9 Å². The Balaban J connectivity index is 1.55. The highest BCUT2D eigenvalue weighted by atomic mass is 35.5. The van der Waals surface area contributed by atoms with Gasteiger partial charge in [-0.2, -0.15) is 5.10 Å². The summed E-state index contributed by atoms with van der Waals surface area (Å²) in [6.45, 7) is 3.52. The number of likely N-dealkylation sites (tertiary alicyclic amines) is 1. The molecule has 1 saturated heterocycles. The third kappa shape index (κ3) is 2.71. The van der Waals surface area contributed by atoms with E-state index in [1.54, 1.807) is 12.1 Å². The number of H-pyrrole nitrogens is 1. The SMILES string of the molecule is Cc1cc(C2CCCN(C(=O)c3cc(Cl)c4c(c3)OCO4)C2)n[nH]1. The molecule has 4 rings (SSSR count). The molecule has 1 fully saturated rings. The number of carbonyl (C=O) groups is 1. The van der Waals surface area contributed by atoms with Gasteiger partial charge in [-0.3, -0.25) is 9.89 Å². The average molecular weight is 348 g/mol. The molecule has 1 N–H and O–H groups in total. The van der Waals surface area contributed by atoms with Gasteiger partial charge in [-0.25, -0.2) is 0 Å². The highest BCUT2D eigenvalue weighted by molar-refractivity contribution is 6.32. The summed E-state index contributed by atoms with van der Waals surface area (Å²) in [5.74, 6) is 1.27. The van der Waals surface area contributed by atoms with Crippen LogP contribution in [0.1, 0.15) is 40.5 Å². The second-order valence-corrected chi connectivity index (χ2v) is 6.67. The van der Waals surface area contributed by atoms with Crippen molar-refractivity contribution in [2.24, 2.45) is 0 Å². The Morgan fingerprint density at radius 2 is 2.25 bits per heavy atom. The van der Waals surface area contributed by atoms with Crippen LogP contribution in [0.2, 0.25) is 5.02 Å². The number of rotatable bonds is 2. The normalized spacial score (nSPS) is 19.6. The van der Waals surface area contributed by atoms with Crippen molar-refractivity contribution < 1.29 is 14.3 Å². The predicted octanol–water partition coefficient (Wildman–Crippen LogP) is 3.12. The molecule has 6 nitrogen and oxygen atoms in total. The van der Waals surface area contributed by atoms with Gasteiger partial charge >= 0.3 is 0 Å². The fourth-order valence-electron chi connectivity index (χ4n) is 3.32. The van der Waals surface area contributed by atoms with E-state index in [1.807, 2.05) is 11.8 Å². The molecule has 24 heavy (non-hydrogen) atoms. The van der Waals surface area contributed by atoms with Crippen molar-refractivity contribution in [3.05, 3.63) is 40.2 Å². The minimum Gasteiger partial charge on any atom is -0.454 e. The molecule has 2 aliphatic heterocycles. The first kappa shape index (κ1) is 15.3. The van der Waals surface area contributed by atoms with Gasteiger partial charge in [-0.15, -0.1) is 0 Å². The van der Waals surface area contributed by atoms with Gasteiger partial charge in [0.05, 0.1) is 10.7 Å². The van der Waals surface area contributed by atoms with Gasteiger partial charge in [-0.1, -0.05) is 11.6 Å². The number of halogens is 1. The first-order valence-electron chi connectivity index (χ1n) is 8.02. The smallest absolute Gasteiger partial charge is 0.254 e. The Hall–Kier alpha value is -2.21. The molecule has 3 heterocycles. The molecule has 7 heteroatoms. The van der Waals surface area contributed by atoms with Crippen LogP contribution in [0.3, 0.4) is 0 Å². The van der Waals surface area contributed by atoms with E-state index < -0.39 is 0 Å². The van der Waals surface area contributed by atoms with Gasteiger partial charge < -0.3 is 14.4 Å². The molecule has 2 aromatic rings. The third-order valence-corrected chi connectivity index (χ3v) is 4.81. The van der Waals surface area contributed by atoms with Crippen molar-refractivity contribution in [3.63, 3.8) is 0 Å². The number of aryl methyl sites for hydroxylation is 1. The number of fused-ring (bicyclic) bond motifs is 1. The average Bonchev–Trinajstić information content (AvgIpc) is 3.23. The molecule has 1 amide bonds. The number of aromatic amines is 1. The molecule has 0 saturated carbocycles. The van der Waals surface area contributed by atoms with Crippen LogP contribution in [0.25, 0.3) is 0 Å². The van der Waals surface area contributed by atoms with Gasteiger partial charge in [0.1, 0.15) is 0 Å². The quantitative estimate of drug-likeness (QED) is 0.906. The van der Waals surface area contributed by atoms with E-state index >= 15 is 0 Å². The van der Waals surface area contributed by atoms with Gasteiger partial charge in [-0.05, 0) is 38.0 Å². The number of carbonyl (C=O) groups excluding carboxylic acids is 1. The maximum Gasteiger partial charge on any atom is 0.254 e. The van der Waals surface area contributed by atoms with Crippen LogP contribution in [0.5, 0.6) is 11.5 Å². The Labute approximate surface area is 144 Å². The highest BCUT2D eigenvalue weighted by Gasteiger charge is 2.28. The van der Waals surface area contributed by atoms with Crippen LogP contribution < -0.4 is 9.47 Å². The number of aromatic nitrogens is 2. The topological polar surface area (TPSA) is 67.5 Å². The lowest BCUT2D eigenvalue weighted by Gasteiger charge is -2.32. The first-order chi connectivity index (χ1) is 11.6. The zero-order chi connectivity index (χ0) is 16.7. The molecule has 1 atom stereocenters. The van der Waals surface area contributed by atoms with Crippen LogP contribution in [0.15, 0.2) is 18.2 Å². The summed E-state index contributed by atoms with van der Waals surface area (Å²) >= 11 is 6.20. The van der Waals surface area contributed by atoms with Crippen molar-refractivity contribution in [3.8, 4) is 11.5 Å². The molecule has 1 unspecified atom stereocenters. The van der Waals surface area contributed by atoms with Gasteiger partial charge in [0.15, 0.2) is 11.5 Å². The number of amides is 1. The predicted molar refractivity (Wildman–Crippen MR) is 88.8 cm³/mol. The third-order valence-electron chi connectivity index (χ3n) is 4.53. The van der Waals surface area contributed by atoms with Crippen molar-refractivity contribution >= 4 is 17.5 Å². The van der Waals surface area contributed by atoms with Crippen LogP contribution in [-0.2, 0) is 0 Å². The lowest BCUT2D eigenvalue weighted by atomic mass is 9.94. The molecule has 0 bridgehead atoms. The zero-order valence-electron chi connectivity index (χ0n) is 13.3. The number of benzene rings is 1. The number of piperidine rings is 1. The highest BCUT2D eigenvalue weighted by Crippen LogP contribution is 2.40. The summed E-state index contributed by atoms with van der Waals surface area (Å²) in [7, 11) is 0. The molecule has 0 spiro atoms. The molecule has 0 aliphatic carbocycles. The van der Waals surface area contributed by atoms with Crippen LogP contribution in [0.4, 0.5) is 0 Å². The largest absolute Gasteiger partial charge is 0.454 e. The van der Waals surface area contributed by atoms with Crippen LogP contribution in [-0.4, -0.2) is 40.9 Å². The van der Waals surface area contributed by atoms with Crippen molar-refractivity contribution in [1.29, 1.82) is 0 Å². The lowest BCUT2D eigenvalue weighted by molar-refractivity contribution is 0.0705. The molecule has 126 valence electrons. The van der Waals surface area contributed by atoms with E-state index in [-0.39, 0.29) is 18.6 Å². The van der Waals surface area contributed by atoms with E-state index in [9.17, 15) is 4.79 Å². The lowest BCUT2D eigenvalue weighted by Crippen LogP contribution is -2.39. The second kappa shape index (κ2) is 6.02. The number of nitrogens with one attached hydrogen (secondary N) is 1. The number of hydrogen-bond acceptors (Lipinski definition) is 4. The number of nitrogens with zero attached hydrogens (tertiary/aromatic N) is 2. The Morgan fingerprint density at radius 1 is 1.38 bits per heavy atom. The monoisotopic (exact) mass is 347 g/mol. The molecule has 2 aliphatic rings.